The number of aromatic nitrogens is 2. The van der Waals surface area contributed by atoms with Crippen LogP contribution in [0.3, 0.4) is 0 Å². The molecule has 2 heterocycles. The van der Waals surface area contributed by atoms with Gasteiger partial charge in [-0.1, -0.05) is 36.4 Å². The Morgan fingerprint density at radius 3 is 2.36 bits per heavy atom. The Hall–Kier alpha value is -4.25. The van der Waals surface area contributed by atoms with Crippen molar-refractivity contribution in [1.29, 1.82) is 0 Å². The van der Waals surface area contributed by atoms with Gasteiger partial charge in [-0.25, -0.2) is 9.80 Å². The summed E-state index contributed by atoms with van der Waals surface area (Å²) in [5.41, 5.74) is 7.26. The van der Waals surface area contributed by atoms with Crippen molar-refractivity contribution in [2.24, 2.45) is 11.7 Å². The molecule has 4 rings (SSSR count). The molecule has 11 heteroatoms. The number of esters is 1. The molecule has 1 saturated heterocycles. The average molecular weight is 536 g/mol. The van der Waals surface area contributed by atoms with Crippen LogP contribution in [0, 0.1) is 5.92 Å². The Balaban J connectivity index is 1.63. The minimum atomic E-state index is -0.670. The van der Waals surface area contributed by atoms with Crippen LogP contribution < -0.4 is 11.4 Å². The van der Waals surface area contributed by atoms with Crippen LogP contribution >= 0.6 is 0 Å². The van der Waals surface area contributed by atoms with E-state index >= 15 is 0 Å². The summed E-state index contributed by atoms with van der Waals surface area (Å²) in [7, 11) is 0. The third kappa shape index (κ3) is 5.93. The molecule has 1 aliphatic heterocycles. The smallest absolute Gasteiger partial charge is 0.326 e. The Bertz CT molecular complexity index is 1440. The van der Waals surface area contributed by atoms with E-state index in [4.69, 9.17) is 10.5 Å². The number of piperidine rings is 1. The number of nitrogens with one attached hydrogen (secondary N) is 1. The predicted molar refractivity (Wildman–Crippen MR) is 144 cm³/mol. The maximum absolute atomic E-state index is 13.6. The summed E-state index contributed by atoms with van der Waals surface area (Å²) in [6.07, 6.45) is 0.836. The molecule has 1 fully saturated rings. The number of rotatable bonds is 10. The van der Waals surface area contributed by atoms with Crippen molar-refractivity contribution in [3.05, 3.63) is 69.6 Å². The number of imidazole rings is 1. The van der Waals surface area contributed by atoms with Crippen LogP contribution in [-0.4, -0.2) is 69.4 Å². The number of amides is 2. The maximum Gasteiger partial charge on any atom is 0.326 e. The van der Waals surface area contributed by atoms with E-state index in [2.05, 4.69) is 4.98 Å². The van der Waals surface area contributed by atoms with Gasteiger partial charge in [-0.15, -0.1) is 0 Å². The van der Waals surface area contributed by atoms with Crippen LogP contribution in [0.1, 0.15) is 48.2 Å². The fraction of sp³-hybridized carbons (Fsp3) is 0.393. The monoisotopic (exact) mass is 535 g/mol. The van der Waals surface area contributed by atoms with Gasteiger partial charge in [-0.3, -0.25) is 28.8 Å². The molecule has 39 heavy (non-hydrogen) atoms. The summed E-state index contributed by atoms with van der Waals surface area (Å²) >= 11 is 0. The van der Waals surface area contributed by atoms with Crippen molar-refractivity contribution in [2.45, 2.75) is 39.7 Å². The van der Waals surface area contributed by atoms with E-state index in [1.165, 1.54) is 9.58 Å². The number of primary amides is 1. The van der Waals surface area contributed by atoms with Gasteiger partial charge < -0.3 is 15.5 Å². The van der Waals surface area contributed by atoms with E-state index < -0.39 is 5.91 Å². The number of aromatic amines is 1. The van der Waals surface area contributed by atoms with Gasteiger partial charge in [-0.2, -0.15) is 0 Å². The second-order valence-corrected chi connectivity index (χ2v) is 9.44. The number of benzene rings is 2. The summed E-state index contributed by atoms with van der Waals surface area (Å²) in [5, 5.41) is 3.05. The summed E-state index contributed by atoms with van der Waals surface area (Å²) in [5.74, 6) is -1.83. The maximum atomic E-state index is 13.6. The van der Waals surface area contributed by atoms with Gasteiger partial charge in [0.15, 0.2) is 5.78 Å². The van der Waals surface area contributed by atoms with Crippen LogP contribution in [0.2, 0.25) is 0 Å². The van der Waals surface area contributed by atoms with Crippen molar-refractivity contribution in [3.8, 4) is 0 Å². The number of hydrogen-bond donors (Lipinski definition) is 2. The molecule has 1 aromatic heterocycles. The topological polar surface area (TPSA) is 148 Å². The summed E-state index contributed by atoms with van der Waals surface area (Å²) in [6.45, 7) is 4.64. The second-order valence-electron chi connectivity index (χ2n) is 9.44. The van der Waals surface area contributed by atoms with E-state index in [1.54, 1.807) is 55.3 Å². The van der Waals surface area contributed by atoms with Crippen LogP contribution in [0.5, 0.6) is 0 Å². The highest BCUT2D eigenvalue weighted by molar-refractivity contribution is 6.15. The lowest BCUT2D eigenvalue weighted by Crippen LogP contribution is -2.53. The zero-order valence-electron chi connectivity index (χ0n) is 22.1. The second kappa shape index (κ2) is 12.1. The third-order valence-corrected chi connectivity index (χ3v) is 6.97. The zero-order chi connectivity index (χ0) is 28.1. The molecule has 0 spiro atoms. The molecule has 1 aliphatic rings. The normalized spacial score (nSPS) is 14.3. The molecule has 0 aliphatic carbocycles. The van der Waals surface area contributed by atoms with E-state index in [0.717, 1.165) is 0 Å². The predicted octanol–water partition coefficient (Wildman–Crippen LogP) is 1.63. The van der Waals surface area contributed by atoms with Crippen molar-refractivity contribution in [2.75, 3.05) is 26.2 Å². The number of ether oxygens (including phenoxy) is 1. The lowest BCUT2D eigenvalue weighted by atomic mass is 9.97. The Labute approximate surface area is 225 Å². The number of nitrogens with zero attached hydrogens (tertiary/aromatic N) is 3. The van der Waals surface area contributed by atoms with Gasteiger partial charge in [0, 0.05) is 30.8 Å². The molecular weight excluding hydrogens is 502 g/mol. The van der Waals surface area contributed by atoms with Crippen LogP contribution in [-0.2, 0) is 32.1 Å². The Morgan fingerprint density at radius 1 is 1.05 bits per heavy atom. The molecule has 0 unspecified atom stereocenters. The molecule has 2 amide bonds. The number of H-pyrrole nitrogens is 1. The quantitative estimate of drug-likeness (QED) is 0.296. The SMILES string of the molecule is CCOC(=O)C1CCN(N(CC(N)=O)C(=O)Cc2ccc(C(=O)c3ccccc3)c3[nH]c(=O)n(CC)c23)CC1. The highest BCUT2D eigenvalue weighted by Crippen LogP contribution is 2.25. The zero-order valence-corrected chi connectivity index (χ0v) is 22.1. The largest absolute Gasteiger partial charge is 0.466 e. The first-order valence-electron chi connectivity index (χ1n) is 13.1. The van der Waals surface area contributed by atoms with Gasteiger partial charge in [-0.05, 0) is 38.3 Å². The minimum Gasteiger partial charge on any atom is -0.466 e. The number of aryl methyl sites for hydroxylation is 1. The molecule has 206 valence electrons. The number of carbonyl (C=O) groups is 4. The van der Waals surface area contributed by atoms with Crippen molar-refractivity contribution in [3.63, 3.8) is 0 Å². The number of nitrogens with two attached hydrogens (primary N) is 1. The summed E-state index contributed by atoms with van der Waals surface area (Å²) < 4.78 is 6.61. The molecule has 0 radical (unpaired) electrons. The van der Waals surface area contributed by atoms with Gasteiger partial charge in [0.25, 0.3) is 0 Å². The van der Waals surface area contributed by atoms with Gasteiger partial charge in [0.2, 0.25) is 11.8 Å². The Kier molecular flexibility index (Phi) is 8.60. The van der Waals surface area contributed by atoms with E-state index in [0.29, 0.717) is 66.8 Å². The summed E-state index contributed by atoms with van der Waals surface area (Å²) in [4.78, 5) is 66.4. The number of carbonyl (C=O) groups excluding carboxylic acids is 4. The van der Waals surface area contributed by atoms with Crippen LogP contribution in [0.4, 0.5) is 0 Å². The third-order valence-electron chi connectivity index (χ3n) is 6.97. The number of fused-ring (bicyclic) bond motifs is 1. The lowest BCUT2D eigenvalue weighted by molar-refractivity contribution is -0.159. The van der Waals surface area contributed by atoms with Crippen LogP contribution in [0.15, 0.2) is 47.3 Å². The molecule has 0 saturated carbocycles. The first-order chi connectivity index (χ1) is 18.7. The first-order valence-corrected chi connectivity index (χ1v) is 13.1. The van der Waals surface area contributed by atoms with Gasteiger partial charge in [0.1, 0.15) is 6.54 Å². The standard InChI is InChI=1S/C28H33N5O6/c1-3-32-25-20(10-11-21(24(25)30-28(32)38)26(36)18-8-6-5-7-9-18)16-23(35)33(17-22(29)34)31-14-12-19(13-15-31)27(37)39-4-2/h5-11,19H,3-4,12-17H2,1-2H3,(H2,29,34)(H,30,38). The number of hydrogen-bond acceptors (Lipinski definition) is 7. The molecular formula is C28H33N5O6. The molecule has 3 aromatic rings. The molecule has 0 bridgehead atoms. The van der Waals surface area contributed by atoms with Gasteiger partial charge in [0.05, 0.1) is 30.0 Å². The lowest BCUT2D eigenvalue weighted by Gasteiger charge is -2.38. The van der Waals surface area contributed by atoms with Crippen LogP contribution in [0.25, 0.3) is 11.0 Å². The molecule has 0 atom stereocenters. The highest BCUT2D eigenvalue weighted by Gasteiger charge is 2.32. The minimum absolute atomic E-state index is 0.126. The average Bonchev–Trinajstić information content (AvgIpc) is 3.28. The van der Waals surface area contributed by atoms with E-state index in [-0.39, 0.29) is 42.2 Å². The molecule has 11 nitrogen and oxygen atoms in total. The number of ketones is 1. The number of hydrazine groups is 1. The van der Waals surface area contributed by atoms with E-state index in [1.807, 2.05) is 6.07 Å². The van der Waals surface area contributed by atoms with Crippen molar-refractivity contribution < 1.29 is 23.9 Å². The summed E-state index contributed by atoms with van der Waals surface area (Å²) in [6, 6.07) is 12.0. The van der Waals surface area contributed by atoms with Crippen molar-refractivity contribution >= 4 is 34.6 Å². The fourth-order valence-electron chi connectivity index (χ4n) is 5.07. The first kappa shape index (κ1) is 27.8. The fourth-order valence-corrected chi connectivity index (χ4v) is 5.07. The highest BCUT2D eigenvalue weighted by atomic mass is 16.5. The Morgan fingerprint density at radius 2 is 1.74 bits per heavy atom. The molecule has 2 aromatic carbocycles. The van der Waals surface area contributed by atoms with Crippen molar-refractivity contribution in [1.82, 2.24) is 19.6 Å². The van der Waals surface area contributed by atoms with E-state index in [9.17, 15) is 24.0 Å². The van der Waals surface area contributed by atoms with Gasteiger partial charge >= 0.3 is 11.7 Å². The molecule has 3 N–H and O–H groups in total.